The normalized spacial score (nSPS) is 24.0. The number of para-hydroxylation sites is 1. The van der Waals surface area contributed by atoms with Crippen molar-refractivity contribution in [2.45, 2.75) is 77.3 Å². The van der Waals surface area contributed by atoms with Gasteiger partial charge in [0.25, 0.3) is 0 Å². The van der Waals surface area contributed by atoms with Gasteiger partial charge in [0, 0.05) is 6.42 Å². The Morgan fingerprint density at radius 3 is 2.60 bits per heavy atom. The fourth-order valence-electron chi connectivity index (χ4n) is 4.27. The van der Waals surface area contributed by atoms with Crippen LogP contribution in [-0.2, 0) is 28.2 Å². The number of halogens is 1. The monoisotopic (exact) mass is 623 g/mol. The van der Waals surface area contributed by atoms with Gasteiger partial charge in [-0.1, -0.05) is 25.1 Å². The van der Waals surface area contributed by atoms with Gasteiger partial charge in [0.1, 0.15) is 24.0 Å². The minimum absolute atomic E-state index is 0.0299. The zero-order valence-electron chi connectivity index (χ0n) is 24.3. The van der Waals surface area contributed by atoms with E-state index >= 15 is 4.39 Å². The van der Waals surface area contributed by atoms with Crippen LogP contribution in [0.25, 0.3) is 11.2 Å². The maximum Gasteiger partial charge on any atom is 0.459 e. The second-order valence-corrected chi connectivity index (χ2v) is 12.0. The number of nitrogen functional groups attached to an aromatic ring is 1. The standard InChI is InChI=1S/C26H35FN7O8P/c1-6-18(35)30-21-19-22(32-25(28)31-21)34(13-29-19)24-26(5,27)20(36)17(41-24)12-39-43(38,42-16-10-8-7-9-11-16)33-15(4)23(37)40-14(2)3/h7-11,13-15,17,20,24,36H,6,12H2,1-5H3,(H,33,38)(H3,28,30,31,32,35)/t15-,17+,20+,24+,26+,43?/m0/s1. The van der Waals surface area contributed by atoms with Crippen LogP contribution in [0.4, 0.5) is 16.2 Å². The Morgan fingerprint density at radius 2 is 1.95 bits per heavy atom. The lowest BCUT2D eigenvalue weighted by molar-refractivity contribution is -0.149. The molecule has 1 amide bonds. The summed E-state index contributed by atoms with van der Waals surface area (Å²) in [5.41, 5.74) is 3.57. The summed E-state index contributed by atoms with van der Waals surface area (Å²) in [6.07, 6.45) is -3.67. The number of carbonyl (C=O) groups is 2. The van der Waals surface area contributed by atoms with Crippen molar-refractivity contribution < 1.29 is 42.2 Å². The number of aliphatic hydroxyl groups excluding tert-OH is 1. The molecule has 0 aliphatic carbocycles. The highest BCUT2D eigenvalue weighted by molar-refractivity contribution is 7.52. The second-order valence-electron chi connectivity index (χ2n) is 10.3. The SMILES string of the molecule is CCC(=O)Nc1nc(N)nc2c1ncn2[C@@H]1O[C@H](COP(=O)(N[C@@H](C)C(=O)OC(C)C)Oc2ccccc2)[C@@H](O)[C@@]1(C)F. The summed E-state index contributed by atoms with van der Waals surface area (Å²) >= 11 is 0. The maximum atomic E-state index is 16.1. The van der Waals surface area contributed by atoms with E-state index in [2.05, 4.69) is 25.4 Å². The number of nitrogens with two attached hydrogens (primary N) is 1. The Kier molecular flexibility index (Phi) is 9.66. The molecule has 0 spiro atoms. The fraction of sp³-hybridized carbons (Fsp3) is 0.500. The van der Waals surface area contributed by atoms with Crippen molar-refractivity contribution >= 4 is 42.6 Å². The number of fused-ring (bicyclic) bond motifs is 1. The van der Waals surface area contributed by atoms with Crippen molar-refractivity contribution in [3.63, 3.8) is 0 Å². The van der Waals surface area contributed by atoms with Crippen molar-refractivity contribution in [2.75, 3.05) is 17.7 Å². The molecule has 2 aromatic heterocycles. The molecule has 1 aliphatic heterocycles. The molecule has 1 aliphatic rings. The number of alkyl halides is 1. The van der Waals surface area contributed by atoms with E-state index in [1.165, 1.54) is 30.0 Å². The van der Waals surface area contributed by atoms with E-state index in [1.54, 1.807) is 39.0 Å². The number of rotatable bonds is 12. The first kappa shape index (κ1) is 32.2. The summed E-state index contributed by atoms with van der Waals surface area (Å²) in [5.74, 6) is -1.07. The lowest BCUT2D eigenvalue weighted by Crippen LogP contribution is -2.41. The predicted octanol–water partition coefficient (Wildman–Crippen LogP) is 2.88. The van der Waals surface area contributed by atoms with Gasteiger partial charge in [0.15, 0.2) is 28.9 Å². The van der Waals surface area contributed by atoms with Crippen LogP contribution in [0, 0.1) is 0 Å². The van der Waals surface area contributed by atoms with Crippen LogP contribution >= 0.6 is 7.75 Å². The first-order valence-corrected chi connectivity index (χ1v) is 15.1. The third-order valence-electron chi connectivity index (χ3n) is 6.42. The molecule has 1 unspecified atom stereocenters. The summed E-state index contributed by atoms with van der Waals surface area (Å²) in [6, 6.07) is 6.95. The van der Waals surface area contributed by atoms with Crippen LogP contribution in [0.2, 0.25) is 0 Å². The van der Waals surface area contributed by atoms with Gasteiger partial charge >= 0.3 is 13.7 Å². The summed E-state index contributed by atoms with van der Waals surface area (Å²) < 4.78 is 53.3. The minimum Gasteiger partial charge on any atom is -0.462 e. The molecular formula is C26H35FN7O8P. The van der Waals surface area contributed by atoms with Gasteiger partial charge in [-0.15, -0.1) is 0 Å². The molecule has 0 bridgehead atoms. The van der Waals surface area contributed by atoms with E-state index in [0.717, 1.165) is 6.92 Å². The number of hydrogen-bond donors (Lipinski definition) is 4. The van der Waals surface area contributed by atoms with Crippen LogP contribution in [-0.4, -0.2) is 73.1 Å². The fourth-order valence-corrected chi connectivity index (χ4v) is 5.77. The van der Waals surface area contributed by atoms with Crippen LogP contribution in [0.5, 0.6) is 5.75 Å². The van der Waals surface area contributed by atoms with Gasteiger partial charge in [0.05, 0.1) is 19.0 Å². The number of benzene rings is 1. The number of imidazole rings is 1. The molecular weight excluding hydrogens is 588 g/mol. The molecule has 5 N–H and O–H groups in total. The van der Waals surface area contributed by atoms with Crippen LogP contribution in [0.1, 0.15) is 47.3 Å². The van der Waals surface area contributed by atoms with Gasteiger partial charge in [-0.2, -0.15) is 15.1 Å². The number of carbonyl (C=O) groups excluding carboxylic acids is 2. The Morgan fingerprint density at radius 1 is 1.26 bits per heavy atom. The molecule has 1 aromatic carbocycles. The van der Waals surface area contributed by atoms with Crippen LogP contribution in [0.3, 0.4) is 0 Å². The molecule has 3 heterocycles. The van der Waals surface area contributed by atoms with Crippen LogP contribution in [0.15, 0.2) is 36.7 Å². The highest BCUT2D eigenvalue weighted by atomic mass is 31.2. The topological polar surface area (TPSA) is 202 Å². The average molecular weight is 624 g/mol. The molecule has 4 rings (SSSR count). The first-order chi connectivity index (χ1) is 20.2. The molecule has 1 saturated heterocycles. The summed E-state index contributed by atoms with van der Waals surface area (Å²) in [7, 11) is -4.33. The highest BCUT2D eigenvalue weighted by Gasteiger charge is 2.56. The Labute approximate surface area is 246 Å². The zero-order chi connectivity index (χ0) is 31.5. The van der Waals surface area contributed by atoms with Crippen molar-refractivity contribution in [2.24, 2.45) is 0 Å². The molecule has 0 saturated carbocycles. The van der Waals surface area contributed by atoms with Gasteiger partial charge in [-0.3, -0.25) is 18.7 Å². The molecule has 6 atom stereocenters. The van der Waals surface area contributed by atoms with E-state index in [1.807, 2.05) is 0 Å². The number of hydrogen-bond acceptors (Lipinski definition) is 12. The Balaban J connectivity index is 1.57. The number of anilines is 2. The molecule has 43 heavy (non-hydrogen) atoms. The molecule has 1 fully saturated rings. The Hall–Kier alpha value is -3.69. The largest absolute Gasteiger partial charge is 0.462 e. The van der Waals surface area contributed by atoms with Crippen molar-refractivity contribution in [1.29, 1.82) is 0 Å². The predicted molar refractivity (Wildman–Crippen MR) is 153 cm³/mol. The van der Waals surface area contributed by atoms with Gasteiger partial charge in [0.2, 0.25) is 11.9 Å². The number of aliphatic hydroxyl groups is 1. The number of amides is 1. The van der Waals surface area contributed by atoms with Crippen molar-refractivity contribution in [3.05, 3.63) is 36.7 Å². The third kappa shape index (κ3) is 7.28. The molecule has 17 heteroatoms. The maximum absolute atomic E-state index is 16.1. The van der Waals surface area contributed by atoms with Crippen molar-refractivity contribution in [3.8, 4) is 5.75 Å². The average Bonchev–Trinajstić information content (AvgIpc) is 3.45. The number of nitrogens with one attached hydrogen (secondary N) is 2. The zero-order valence-corrected chi connectivity index (χ0v) is 25.2. The lowest BCUT2D eigenvalue weighted by atomic mass is 9.98. The first-order valence-electron chi connectivity index (χ1n) is 13.5. The van der Waals surface area contributed by atoms with Crippen molar-refractivity contribution in [1.82, 2.24) is 24.6 Å². The molecule has 0 radical (unpaired) electrons. The van der Waals surface area contributed by atoms with Gasteiger partial charge in [-0.05, 0) is 39.8 Å². The smallest absolute Gasteiger partial charge is 0.459 e. The molecule has 3 aromatic rings. The number of aromatic nitrogens is 4. The summed E-state index contributed by atoms with van der Waals surface area (Å²) in [6.45, 7) is 6.89. The summed E-state index contributed by atoms with van der Waals surface area (Å²) in [4.78, 5) is 36.7. The van der Waals surface area contributed by atoms with Gasteiger partial charge in [-0.25, -0.2) is 13.9 Å². The minimum atomic E-state index is -4.33. The van der Waals surface area contributed by atoms with Gasteiger partial charge < -0.3 is 30.2 Å². The van der Waals surface area contributed by atoms with Crippen LogP contribution < -0.4 is 20.7 Å². The second kappa shape index (κ2) is 12.9. The van der Waals surface area contributed by atoms with E-state index < -0.39 is 56.6 Å². The lowest BCUT2D eigenvalue weighted by Gasteiger charge is -2.25. The van der Waals surface area contributed by atoms with E-state index in [4.69, 9.17) is 24.3 Å². The van der Waals surface area contributed by atoms with E-state index in [9.17, 15) is 19.3 Å². The Bertz CT molecular complexity index is 1510. The van der Waals surface area contributed by atoms with E-state index in [-0.39, 0.29) is 41.0 Å². The van der Waals surface area contributed by atoms with E-state index in [0.29, 0.717) is 0 Å². The molecule has 15 nitrogen and oxygen atoms in total. The highest BCUT2D eigenvalue weighted by Crippen LogP contribution is 2.48. The third-order valence-corrected chi connectivity index (χ3v) is 8.07. The number of ether oxygens (including phenoxy) is 2. The summed E-state index contributed by atoms with van der Waals surface area (Å²) in [5, 5.41) is 16.0. The number of nitrogens with zero attached hydrogens (tertiary/aromatic N) is 4. The quantitative estimate of drug-likeness (QED) is 0.170. The number of esters is 1. The molecule has 234 valence electrons.